The molecule has 0 heterocycles. The second-order valence-corrected chi connectivity index (χ2v) is 11.1. The average molecular weight is 491 g/mol. The molecule has 0 spiro atoms. The van der Waals surface area contributed by atoms with E-state index < -0.39 is 0 Å². The molecular formula is C33H66N2. The molecule has 0 aliphatic heterocycles. The number of nitrogens with zero attached hydrogens (tertiary/aromatic N) is 1. The molecule has 1 unspecified atom stereocenters. The Labute approximate surface area is 222 Å². The highest BCUT2D eigenvalue weighted by atomic mass is 15.1. The first-order chi connectivity index (χ1) is 17.2. The molecule has 0 aliphatic rings. The predicted molar refractivity (Wildman–Crippen MR) is 162 cm³/mol. The molecule has 0 bridgehead atoms. The van der Waals surface area contributed by atoms with Crippen molar-refractivity contribution >= 4 is 0 Å². The Bertz CT molecular complexity index is 440. The molecule has 0 aliphatic carbocycles. The summed E-state index contributed by atoms with van der Waals surface area (Å²) in [7, 11) is 4.36. The number of hydrogen-bond donors (Lipinski definition) is 1. The van der Waals surface area contributed by atoms with Crippen LogP contribution in [0.4, 0.5) is 0 Å². The summed E-state index contributed by atoms with van der Waals surface area (Å²) in [6.45, 7) is 6.96. The molecule has 0 radical (unpaired) electrons. The minimum absolute atomic E-state index is 0.749. The van der Waals surface area contributed by atoms with E-state index in [2.05, 4.69) is 62.5 Å². The number of allylic oxidation sites excluding steroid dienone is 4. The molecule has 0 saturated carbocycles. The molecule has 2 heteroatoms. The van der Waals surface area contributed by atoms with Gasteiger partial charge >= 0.3 is 0 Å². The van der Waals surface area contributed by atoms with Crippen molar-refractivity contribution in [3.8, 4) is 0 Å². The normalized spacial score (nSPS) is 13.1. The fourth-order valence-corrected chi connectivity index (χ4v) is 4.78. The van der Waals surface area contributed by atoms with Gasteiger partial charge in [0.2, 0.25) is 0 Å². The van der Waals surface area contributed by atoms with Crippen LogP contribution in [0.5, 0.6) is 0 Å². The molecule has 1 atom stereocenters. The summed E-state index contributed by atoms with van der Waals surface area (Å²) in [6, 6.07) is 0.749. The Morgan fingerprint density at radius 1 is 0.543 bits per heavy atom. The molecule has 1 N–H and O–H groups in total. The van der Waals surface area contributed by atoms with Crippen molar-refractivity contribution in [2.45, 2.75) is 161 Å². The molecule has 0 aromatic heterocycles. The fourth-order valence-electron chi connectivity index (χ4n) is 4.78. The van der Waals surface area contributed by atoms with E-state index in [1.807, 2.05) is 0 Å². The third kappa shape index (κ3) is 29.5. The first-order valence-corrected chi connectivity index (χ1v) is 15.9. The Kier molecular flexibility index (Phi) is 29.1. The van der Waals surface area contributed by atoms with E-state index in [1.54, 1.807) is 0 Å². The third-order valence-electron chi connectivity index (χ3n) is 7.12. The molecular weight excluding hydrogens is 424 g/mol. The summed E-state index contributed by atoms with van der Waals surface area (Å²) < 4.78 is 0. The van der Waals surface area contributed by atoms with Crippen LogP contribution in [-0.2, 0) is 0 Å². The summed E-state index contributed by atoms with van der Waals surface area (Å²) in [4.78, 5) is 2.30. The topological polar surface area (TPSA) is 15.3 Å². The van der Waals surface area contributed by atoms with Gasteiger partial charge in [-0.2, -0.15) is 0 Å². The van der Waals surface area contributed by atoms with Crippen LogP contribution < -0.4 is 5.32 Å². The number of nitrogens with one attached hydrogen (secondary N) is 1. The maximum Gasteiger partial charge on any atom is 0.00670 e. The standard InChI is InChI=1S/C33H66N2/c1-5-7-9-11-13-14-15-16-17-18-19-20-21-23-25-27-30-33(34-31-28-32-35(3)4)29-26-24-22-12-10-8-6-2/h13-14,16-17,33-34H,5-12,15,18-32H2,1-4H3. The van der Waals surface area contributed by atoms with E-state index in [1.165, 1.54) is 148 Å². The fraction of sp³-hybridized carbons (Fsp3) is 0.879. The third-order valence-corrected chi connectivity index (χ3v) is 7.12. The van der Waals surface area contributed by atoms with Gasteiger partial charge < -0.3 is 10.2 Å². The van der Waals surface area contributed by atoms with Crippen LogP contribution in [0.25, 0.3) is 0 Å². The number of unbranched alkanes of at least 4 members (excludes halogenated alkanes) is 15. The molecule has 2 nitrogen and oxygen atoms in total. The number of hydrogen-bond acceptors (Lipinski definition) is 2. The van der Waals surface area contributed by atoms with Crippen molar-refractivity contribution in [1.82, 2.24) is 10.2 Å². The van der Waals surface area contributed by atoms with Gasteiger partial charge in [0.25, 0.3) is 0 Å². The van der Waals surface area contributed by atoms with Crippen LogP contribution in [0.3, 0.4) is 0 Å². The Morgan fingerprint density at radius 3 is 1.54 bits per heavy atom. The van der Waals surface area contributed by atoms with Gasteiger partial charge in [-0.3, -0.25) is 0 Å². The first kappa shape index (κ1) is 34.4. The van der Waals surface area contributed by atoms with E-state index in [-0.39, 0.29) is 0 Å². The van der Waals surface area contributed by atoms with E-state index in [4.69, 9.17) is 0 Å². The summed E-state index contributed by atoms with van der Waals surface area (Å²) in [5.41, 5.74) is 0. The summed E-state index contributed by atoms with van der Waals surface area (Å²) in [5.74, 6) is 0. The largest absolute Gasteiger partial charge is 0.314 e. The van der Waals surface area contributed by atoms with Gasteiger partial charge in [-0.25, -0.2) is 0 Å². The van der Waals surface area contributed by atoms with Crippen molar-refractivity contribution in [2.24, 2.45) is 0 Å². The van der Waals surface area contributed by atoms with Gasteiger partial charge in [0.1, 0.15) is 0 Å². The SMILES string of the molecule is CCCCCC=CCC=CCCCCCCCCC(CCCCCCCCC)NCCCN(C)C. The van der Waals surface area contributed by atoms with Crippen LogP contribution >= 0.6 is 0 Å². The Hall–Kier alpha value is -0.600. The smallest absolute Gasteiger partial charge is 0.00670 e. The number of rotatable bonds is 28. The van der Waals surface area contributed by atoms with Crippen LogP contribution in [0.2, 0.25) is 0 Å². The van der Waals surface area contributed by atoms with Gasteiger partial charge in [0, 0.05) is 6.04 Å². The zero-order valence-corrected chi connectivity index (χ0v) is 24.8. The van der Waals surface area contributed by atoms with Crippen molar-refractivity contribution in [1.29, 1.82) is 0 Å². The van der Waals surface area contributed by atoms with Gasteiger partial charge in [-0.1, -0.05) is 128 Å². The highest BCUT2D eigenvalue weighted by Gasteiger charge is 2.08. The monoisotopic (exact) mass is 491 g/mol. The average Bonchev–Trinajstić information content (AvgIpc) is 2.85. The minimum atomic E-state index is 0.749. The van der Waals surface area contributed by atoms with E-state index in [0.717, 1.165) is 12.5 Å². The lowest BCUT2D eigenvalue weighted by Gasteiger charge is -2.20. The zero-order valence-electron chi connectivity index (χ0n) is 24.8. The van der Waals surface area contributed by atoms with Crippen LogP contribution in [0, 0.1) is 0 Å². The lowest BCUT2D eigenvalue weighted by atomic mass is 9.99. The molecule has 208 valence electrons. The second kappa shape index (κ2) is 29.6. The zero-order chi connectivity index (χ0) is 25.7. The van der Waals surface area contributed by atoms with Gasteiger partial charge in [-0.15, -0.1) is 0 Å². The van der Waals surface area contributed by atoms with Crippen molar-refractivity contribution in [3.05, 3.63) is 24.3 Å². The molecule has 0 aromatic carbocycles. The molecule has 0 aromatic rings. The molecule has 0 amide bonds. The minimum Gasteiger partial charge on any atom is -0.314 e. The van der Waals surface area contributed by atoms with Crippen LogP contribution in [0.1, 0.15) is 155 Å². The van der Waals surface area contributed by atoms with Crippen molar-refractivity contribution < 1.29 is 0 Å². The lowest BCUT2D eigenvalue weighted by Crippen LogP contribution is -2.31. The molecule has 0 rings (SSSR count). The van der Waals surface area contributed by atoms with Crippen molar-refractivity contribution in [3.63, 3.8) is 0 Å². The Balaban J connectivity index is 3.75. The van der Waals surface area contributed by atoms with Gasteiger partial charge in [-0.05, 0) is 78.6 Å². The summed E-state index contributed by atoms with van der Waals surface area (Å²) in [5, 5.41) is 3.90. The van der Waals surface area contributed by atoms with E-state index in [0.29, 0.717) is 0 Å². The van der Waals surface area contributed by atoms with Gasteiger partial charge in [0.15, 0.2) is 0 Å². The predicted octanol–water partition coefficient (Wildman–Crippen LogP) is 10.2. The van der Waals surface area contributed by atoms with Gasteiger partial charge in [0.05, 0.1) is 0 Å². The molecule has 0 fully saturated rings. The van der Waals surface area contributed by atoms with Crippen molar-refractivity contribution in [2.75, 3.05) is 27.2 Å². The maximum atomic E-state index is 3.90. The van der Waals surface area contributed by atoms with E-state index >= 15 is 0 Å². The quantitative estimate of drug-likeness (QED) is 0.0866. The summed E-state index contributed by atoms with van der Waals surface area (Å²) >= 11 is 0. The lowest BCUT2D eigenvalue weighted by molar-refractivity contribution is 0.368. The highest BCUT2D eigenvalue weighted by molar-refractivity contribution is 4.92. The molecule has 35 heavy (non-hydrogen) atoms. The van der Waals surface area contributed by atoms with E-state index in [9.17, 15) is 0 Å². The second-order valence-electron chi connectivity index (χ2n) is 11.1. The van der Waals surface area contributed by atoms with Crippen LogP contribution in [0.15, 0.2) is 24.3 Å². The summed E-state index contributed by atoms with van der Waals surface area (Å²) in [6.07, 6.45) is 39.6. The molecule has 0 saturated heterocycles. The first-order valence-electron chi connectivity index (χ1n) is 15.9. The highest BCUT2D eigenvalue weighted by Crippen LogP contribution is 2.15. The maximum absolute atomic E-state index is 3.90. The Morgan fingerprint density at radius 2 is 1.00 bits per heavy atom. The van der Waals surface area contributed by atoms with Crippen LogP contribution in [-0.4, -0.2) is 38.1 Å².